The van der Waals surface area contributed by atoms with Gasteiger partial charge in [0.25, 0.3) is 0 Å². The molecule has 0 amide bonds. The van der Waals surface area contributed by atoms with E-state index in [2.05, 4.69) is 37.6 Å². The van der Waals surface area contributed by atoms with Gasteiger partial charge in [-0.25, -0.2) is 4.39 Å². The summed E-state index contributed by atoms with van der Waals surface area (Å²) in [7, 11) is 0. The Morgan fingerprint density at radius 3 is 2.14 bits per heavy atom. The van der Waals surface area contributed by atoms with Crippen molar-refractivity contribution < 1.29 is 4.39 Å². The standard InChI is InChI=1S/C23H25FN2.C6H8S.C2H6/c1-6-17-18(14(2)3)9-12-22(26)23(17)21(25)11-8-16-7-10-20(24)19(13-16)15(4)5;1-2-6-4-3-5-7-6;1-2/h7-13,25H,2,4,6,26H2,1,3,5H3;3-5H,2H2,1H3;1-2H3/b11-8+,25-21?;;. The number of nitrogens with two attached hydrogens (primary N) is 1. The van der Waals surface area contributed by atoms with Crippen LogP contribution in [0.25, 0.3) is 17.2 Å². The van der Waals surface area contributed by atoms with Gasteiger partial charge in [0.05, 0.1) is 5.71 Å². The second-order valence-electron chi connectivity index (χ2n) is 7.89. The lowest BCUT2D eigenvalue weighted by Crippen LogP contribution is -2.08. The zero-order chi connectivity index (χ0) is 26.5. The number of allylic oxidation sites excluding steroid dienone is 3. The summed E-state index contributed by atoms with van der Waals surface area (Å²) >= 11 is 1.82. The number of thiophene rings is 1. The van der Waals surface area contributed by atoms with Crippen molar-refractivity contribution in [1.29, 1.82) is 5.41 Å². The summed E-state index contributed by atoms with van der Waals surface area (Å²) in [6, 6.07) is 12.8. The topological polar surface area (TPSA) is 49.9 Å². The van der Waals surface area contributed by atoms with Crippen LogP contribution in [0.2, 0.25) is 0 Å². The van der Waals surface area contributed by atoms with Crippen molar-refractivity contribution in [3.8, 4) is 0 Å². The minimum absolute atomic E-state index is 0.295. The fraction of sp³-hybridized carbons (Fsp3) is 0.258. The molecule has 2 aromatic carbocycles. The molecular formula is C31H39FN2S. The van der Waals surface area contributed by atoms with E-state index in [1.54, 1.807) is 31.2 Å². The molecule has 0 atom stereocenters. The zero-order valence-electron chi connectivity index (χ0n) is 22.0. The molecule has 35 heavy (non-hydrogen) atoms. The molecule has 0 aliphatic rings. The first kappa shape index (κ1) is 29.8. The van der Waals surface area contributed by atoms with Gasteiger partial charge in [-0.1, -0.05) is 70.7 Å². The van der Waals surface area contributed by atoms with Crippen LogP contribution in [0.3, 0.4) is 0 Å². The average Bonchev–Trinajstić information content (AvgIpc) is 3.38. The monoisotopic (exact) mass is 490 g/mol. The number of halogens is 1. The molecule has 0 saturated carbocycles. The molecule has 1 heterocycles. The maximum atomic E-state index is 13.8. The van der Waals surface area contributed by atoms with E-state index in [1.165, 1.54) is 17.4 Å². The molecule has 1 aromatic heterocycles. The van der Waals surface area contributed by atoms with Crippen molar-refractivity contribution in [2.75, 3.05) is 5.73 Å². The summed E-state index contributed by atoms with van der Waals surface area (Å²) in [6.07, 6.45) is 5.43. The van der Waals surface area contributed by atoms with Gasteiger partial charge in [0.15, 0.2) is 0 Å². The largest absolute Gasteiger partial charge is 0.398 e. The van der Waals surface area contributed by atoms with Crippen LogP contribution in [0.1, 0.15) is 74.2 Å². The Morgan fingerprint density at radius 1 is 1.00 bits per heavy atom. The molecule has 2 nitrogen and oxygen atoms in total. The summed E-state index contributed by atoms with van der Waals surface area (Å²) in [5.41, 5.74) is 12.7. The molecule has 0 unspecified atom stereocenters. The molecule has 0 fully saturated rings. The van der Waals surface area contributed by atoms with Crippen LogP contribution in [0.4, 0.5) is 10.1 Å². The number of hydrogen-bond acceptors (Lipinski definition) is 3. The number of hydrogen-bond donors (Lipinski definition) is 2. The lowest BCUT2D eigenvalue weighted by atomic mass is 9.91. The van der Waals surface area contributed by atoms with E-state index in [0.717, 1.165) is 34.2 Å². The van der Waals surface area contributed by atoms with Crippen molar-refractivity contribution in [1.82, 2.24) is 0 Å². The van der Waals surface area contributed by atoms with Crippen molar-refractivity contribution in [3.63, 3.8) is 0 Å². The van der Waals surface area contributed by atoms with Gasteiger partial charge in [-0.15, -0.1) is 11.3 Å². The minimum Gasteiger partial charge on any atom is -0.398 e. The summed E-state index contributed by atoms with van der Waals surface area (Å²) in [6.45, 7) is 19.8. The molecule has 0 bridgehead atoms. The van der Waals surface area contributed by atoms with Gasteiger partial charge in [0, 0.05) is 21.7 Å². The fourth-order valence-corrected chi connectivity index (χ4v) is 4.16. The number of nitrogen functional groups attached to an aromatic ring is 1. The van der Waals surface area contributed by atoms with Crippen molar-refractivity contribution >= 4 is 40.0 Å². The van der Waals surface area contributed by atoms with Gasteiger partial charge in [-0.05, 0) is 84.7 Å². The van der Waals surface area contributed by atoms with Gasteiger partial charge in [0.1, 0.15) is 5.82 Å². The van der Waals surface area contributed by atoms with E-state index >= 15 is 0 Å². The van der Waals surface area contributed by atoms with E-state index in [9.17, 15) is 4.39 Å². The van der Waals surface area contributed by atoms with Crippen molar-refractivity contribution in [2.24, 2.45) is 0 Å². The van der Waals surface area contributed by atoms with Crippen LogP contribution in [0.15, 0.2) is 67.1 Å². The highest BCUT2D eigenvalue weighted by atomic mass is 32.1. The first-order chi connectivity index (χ1) is 16.7. The third-order valence-corrected chi connectivity index (χ3v) is 6.27. The Kier molecular flexibility index (Phi) is 12.7. The van der Waals surface area contributed by atoms with Gasteiger partial charge < -0.3 is 11.1 Å². The quantitative estimate of drug-likeness (QED) is 0.251. The zero-order valence-corrected chi connectivity index (χ0v) is 22.8. The summed E-state index contributed by atoms with van der Waals surface area (Å²) in [4.78, 5) is 1.47. The Labute approximate surface area is 215 Å². The van der Waals surface area contributed by atoms with E-state index < -0.39 is 0 Å². The van der Waals surface area contributed by atoms with Crippen LogP contribution in [-0.4, -0.2) is 5.71 Å². The Morgan fingerprint density at radius 2 is 1.66 bits per heavy atom. The predicted octanol–water partition coefficient (Wildman–Crippen LogP) is 9.45. The highest BCUT2D eigenvalue weighted by Gasteiger charge is 2.13. The van der Waals surface area contributed by atoms with Gasteiger partial charge in [-0.3, -0.25) is 0 Å². The first-order valence-corrected chi connectivity index (χ1v) is 12.9. The molecule has 3 rings (SSSR count). The van der Waals surface area contributed by atoms with Gasteiger partial charge in [-0.2, -0.15) is 0 Å². The van der Waals surface area contributed by atoms with E-state index in [-0.39, 0.29) is 5.82 Å². The third kappa shape index (κ3) is 8.48. The highest BCUT2D eigenvalue weighted by Crippen LogP contribution is 2.27. The summed E-state index contributed by atoms with van der Waals surface area (Å²) in [5, 5.41) is 10.6. The van der Waals surface area contributed by atoms with Crippen LogP contribution < -0.4 is 5.73 Å². The molecule has 0 spiro atoms. The summed E-state index contributed by atoms with van der Waals surface area (Å²) in [5.74, 6) is -0.295. The van der Waals surface area contributed by atoms with Crippen LogP contribution in [-0.2, 0) is 12.8 Å². The summed E-state index contributed by atoms with van der Waals surface area (Å²) < 4.78 is 13.8. The van der Waals surface area contributed by atoms with E-state index in [0.29, 0.717) is 22.5 Å². The Hall–Kier alpha value is -3.24. The van der Waals surface area contributed by atoms with Crippen molar-refractivity contribution in [2.45, 2.75) is 54.4 Å². The van der Waals surface area contributed by atoms with Crippen LogP contribution in [0, 0.1) is 11.2 Å². The number of benzene rings is 2. The molecule has 0 aliphatic carbocycles. The third-order valence-electron chi connectivity index (χ3n) is 5.25. The molecule has 0 radical (unpaired) electrons. The fourth-order valence-electron chi connectivity index (χ4n) is 3.50. The Bertz CT molecular complexity index is 1170. The Balaban J connectivity index is 0.000000574. The number of anilines is 1. The minimum atomic E-state index is -0.295. The SMILES string of the molecule is C=C(C)c1cc(/C=C/C(=N)c2c(N)ccc(C(=C)C)c2CC)ccc1F.CC.CCc1cccs1. The molecule has 0 saturated heterocycles. The predicted molar refractivity (Wildman–Crippen MR) is 157 cm³/mol. The maximum absolute atomic E-state index is 13.8. The van der Waals surface area contributed by atoms with Crippen molar-refractivity contribution in [3.05, 3.63) is 106 Å². The van der Waals surface area contributed by atoms with E-state index in [4.69, 9.17) is 11.1 Å². The number of nitrogens with one attached hydrogen (secondary N) is 1. The second-order valence-corrected chi connectivity index (χ2v) is 8.92. The average molecular weight is 491 g/mol. The maximum Gasteiger partial charge on any atom is 0.130 e. The molecule has 4 heteroatoms. The number of rotatable bonds is 7. The van der Waals surface area contributed by atoms with Gasteiger partial charge in [0.2, 0.25) is 0 Å². The smallest absolute Gasteiger partial charge is 0.130 e. The lowest BCUT2D eigenvalue weighted by molar-refractivity contribution is 0.624. The lowest BCUT2D eigenvalue weighted by Gasteiger charge is -2.15. The molecule has 3 N–H and O–H groups in total. The molecule has 0 aliphatic heterocycles. The van der Waals surface area contributed by atoms with E-state index in [1.807, 2.05) is 51.2 Å². The van der Waals surface area contributed by atoms with Crippen LogP contribution >= 0.6 is 11.3 Å². The first-order valence-electron chi connectivity index (χ1n) is 12.0. The highest BCUT2D eigenvalue weighted by molar-refractivity contribution is 7.09. The normalized spacial score (nSPS) is 10.1. The van der Waals surface area contributed by atoms with Gasteiger partial charge >= 0.3 is 0 Å². The number of aryl methyl sites for hydroxylation is 1. The second kappa shape index (κ2) is 14.9. The molecule has 3 aromatic rings. The molecule has 186 valence electrons. The molecular weight excluding hydrogens is 451 g/mol. The van der Waals surface area contributed by atoms with Crippen LogP contribution in [0.5, 0.6) is 0 Å².